The van der Waals surface area contributed by atoms with E-state index in [0.29, 0.717) is 32.8 Å². The molecule has 1 aliphatic rings. The van der Waals surface area contributed by atoms with Crippen molar-refractivity contribution in [3.05, 3.63) is 44.4 Å². The quantitative estimate of drug-likeness (QED) is 0.529. The fourth-order valence-electron chi connectivity index (χ4n) is 2.49. The number of thioether (sulfide) groups is 1. The summed E-state index contributed by atoms with van der Waals surface area (Å²) in [7, 11) is 0. The molecule has 0 fully saturated rings. The second-order valence-electron chi connectivity index (χ2n) is 5.69. The molecule has 26 heavy (non-hydrogen) atoms. The Morgan fingerprint density at radius 1 is 1.46 bits per heavy atom. The van der Waals surface area contributed by atoms with Crippen LogP contribution >= 0.6 is 35.0 Å². The minimum atomic E-state index is -0.475. The molecular formula is C18H18Cl2N2O3S. The highest BCUT2D eigenvalue weighted by atomic mass is 35.5. The van der Waals surface area contributed by atoms with E-state index in [1.54, 1.807) is 18.2 Å². The lowest BCUT2D eigenvalue weighted by Gasteiger charge is -2.25. The lowest BCUT2D eigenvalue weighted by atomic mass is 9.87. The summed E-state index contributed by atoms with van der Waals surface area (Å²) in [5.74, 6) is -1.07. The van der Waals surface area contributed by atoms with Crippen LogP contribution in [0.2, 0.25) is 10.0 Å². The smallest absolute Gasteiger partial charge is 0.316 e. The molecule has 0 unspecified atom stereocenters. The van der Waals surface area contributed by atoms with Gasteiger partial charge in [0.2, 0.25) is 5.91 Å². The molecule has 1 heterocycles. The molecule has 0 aromatic heterocycles. The fourth-order valence-corrected chi connectivity index (χ4v) is 3.90. The van der Waals surface area contributed by atoms with Gasteiger partial charge in [-0.2, -0.15) is 5.26 Å². The molecule has 0 spiro atoms. The van der Waals surface area contributed by atoms with E-state index in [2.05, 4.69) is 11.4 Å². The highest BCUT2D eigenvalue weighted by Gasteiger charge is 2.31. The van der Waals surface area contributed by atoms with Crippen molar-refractivity contribution < 1.29 is 14.3 Å². The van der Waals surface area contributed by atoms with Gasteiger partial charge in [-0.3, -0.25) is 9.59 Å². The van der Waals surface area contributed by atoms with Gasteiger partial charge < -0.3 is 10.1 Å². The van der Waals surface area contributed by atoms with Gasteiger partial charge in [-0.15, -0.1) is 0 Å². The van der Waals surface area contributed by atoms with E-state index >= 15 is 0 Å². The van der Waals surface area contributed by atoms with Crippen molar-refractivity contribution in [1.29, 1.82) is 5.26 Å². The molecule has 0 saturated carbocycles. The molecule has 1 aliphatic heterocycles. The molecule has 0 bridgehead atoms. The summed E-state index contributed by atoms with van der Waals surface area (Å²) in [4.78, 5) is 23.9. The van der Waals surface area contributed by atoms with E-state index in [9.17, 15) is 14.9 Å². The van der Waals surface area contributed by atoms with E-state index in [1.165, 1.54) is 0 Å². The van der Waals surface area contributed by atoms with Crippen molar-refractivity contribution in [2.24, 2.45) is 0 Å². The van der Waals surface area contributed by atoms with Crippen LogP contribution in [0.4, 0.5) is 0 Å². The van der Waals surface area contributed by atoms with E-state index in [0.717, 1.165) is 24.6 Å². The van der Waals surface area contributed by atoms with Crippen molar-refractivity contribution >= 4 is 46.8 Å². The molecule has 0 saturated heterocycles. The fraction of sp³-hybridized carbons (Fsp3) is 0.389. The van der Waals surface area contributed by atoms with Crippen LogP contribution in [-0.4, -0.2) is 24.2 Å². The Balaban J connectivity index is 2.20. The summed E-state index contributed by atoms with van der Waals surface area (Å²) in [6.45, 7) is 2.38. The Morgan fingerprint density at radius 2 is 2.23 bits per heavy atom. The number of nitrogens with zero attached hydrogens (tertiary/aromatic N) is 1. The average Bonchev–Trinajstić information content (AvgIpc) is 2.59. The molecule has 1 amide bonds. The number of amides is 1. The number of allylic oxidation sites excluding steroid dienone is 1. The van der Waals surface area contributed by atoms with Gasteiger partial charge in [0.15, 0.2) is 0 Å². The lowest BCUT2D eigenvalue weighted by Crippen LogP contribution is -2.31. The Hall–Kier alpha value is -1.68. The standard InChI is InChI=1S/C18H18Cl2N2O3S/c1-2-3-6-25-17(24)10-26-18-14(9-21)13(8-16(23)22-18)12-5-4-11(19)7-15(12)20/h4-5,7,13H,2-3,6,8,10H2,1H3,(H,22,23)/t13-/m1/s1. The van der Waals surface area contributed by atoms with Crippen molar-refractivity contribution in [2.75, 3.05) is 12.4 Å². The van der Waals surface area contributed by atoms with Crippen molar-refractivity contribution in [3.63, 3.8) is 0 Å². The molecule has 1 N–H and O–H groups in total. The van der Waals surface area contributed by atoms with Crippen LogP contribution in [0, 0.1) is 11.3 Å². The largest absolute Gasteiger partial charge is 0.465 e. The zero-order valence-corrected chi connectivity index (χ0v) is 16.5. The molecule has 8 heteroatoms. The summed E-state index contributed by atoms with van der Waals surface area (Å²) in [5.41, 5.74) is 1.03. The first-order valence-electron chi connectivity index (χ1n) is 8.13. The van der Waals surface area contributed by atoms with Gasteiger partial charge >= 0.3 is 5.97 Å². The van der Waals surface area contributed by atoms with Gasteiger partial charge in [0.05, 0.1) is 29.0 Å². The SMILES string of the molecule is CCCCOC(=O)CSC1=C(C#N)[C@@H](c2ccc(Cl)cc2Cl)CC(=O)N1. The minimum absolute atomic E-state index is 0.0194. The molecule has 2 rings (SSSR count). The van der Waals surface area contributed by atoms with Crippen LogP contribution in [0.1, 0.15) is 37.7 Å². The van der Waals surface area contributed by atoms with Crippen LogP contribution in [-0.2, 0) is 14.3 Å². The number of unbranched alkanes of at least 4 members (excludes halogenated alkanes) is 1. The van der Waals surface area contributed by atoms with Crippen molar-refractivity contribution in [2.45, 2.75) is 32.1 Å². The Bertz CT molecular complexity index is 774. The zero-order valence-electron chi connectivity index (χ0n) is 14.2. The monoisotopic (exact) mass is 412 g/mol. The number of esters is 1. The molecule has 0 radical (unpaired) electrons. The maximum atomic E-state index is 12.1. The van der Waals surface area contributed by atoms with Crippen LogP contribution in [0.15, 0.2) is 28.8 Å². The number of halogens is 2. The van der Waals surface area contributed by atoms with Gasteiger partial charge in [-0.25, -0.2) is 0 Å². The third kappa shape index (κ3) is 5.41. The Morgan fingerprint density at radius 3 is 2.88 bits per heavy atom. The first-order chi connectivity index (χ1) is 12.5. The van der Waals surface area contributed by atoms with E-state index < -0.39 is 5.92 Å². The van der Waals surface area contributed by atoms with Crippen molar-refractivity contribution in [3.8, 4) is 6.07 Å². The summed E-state index contributed by atoms with van der Waals surface area (Å²) < 4.78 is 5.10. The number of nitriles is 1. The summed E-state index contributed by atoms with van der Waals surface area (Å²) in [5, 5.41) is 13.5. The highest BCUT2D eigenvalue weighted by molar-refractivity contribution is 8.03. The molecule has 0 aliphatic carbocycles. The summed E-state index contributed by atoms with van der Waals surface area (Å²) in [6, 6.07) is 7.11. The number of benzene rings is 1. The van der Waals surface area contributed by atoms with E-state index in [1.807, 2.05) is 6.92 Å². The van der Waals surface area contributed by atoms with Crippen molar-refractivity contribution in [1.82, 2.24) is 5.32 Å². The molecule has 5 nitrogen and oxygen atoms in total. The number of hydrogen-bond acceptors (Lipinski definition) is 5. The number of carbonyl (C=O) groups excluding carboxylic acids is 2. The normalized spacial score (nSPS) is 16.8. The topological polar surface area (TPSA) is 79.2 Å². The van der Waals surface area contributed by atoms with Gasteiger partial charge in [-0.1, -0.05) is 54.4 Å². The van der Waals surface area contributed by atoms with Gasteiger partial charge in [0, 0.05) is 22.4 Å². The van der Waals surface area contributed by atoms with E-state index in [4.69, 9.17) is 27.9 Å². The van der Waals surface area contributed by atoms with Gasteiger partial charge in [0.1, 0.15) is 0 Å². The minimum Gasteiger partial charge on any atom is -0.465 e. The molecular weight excluding hydrogens is 395 g/mol. The first-order valence-corrected chi connectivity index (χ1v) is 9.87. The highest BCUT2D eigenvalue weighted by Crippen LogP contribution is 2.39. The van der Waals surface area contributed by atoms with Crippen LogP contribution < -0.4 is 5.32 Å². The van der Waals surface area contributed by atoms with Crippen LogP contribution in [0.3, 0.4) is 0 Å². The predicted molar refractivity (Wildman–Crippen MR) is 103 cm³/mol. The third-order valence-corrected chi connectivity index (χ3v) is 5.34. The summed E-state index contributed by atoms with van der Waals surface area (Å²) in [6.07, 6.45) is 1.84. The van der Waals surface area contributed by atoms with Crippen LogP contribution in [0.25, 0.3) is 0 Å². The van der Waals surface area contributed by atoms with Gasteiger partial charge in [0.25, 0.3) is 0 Å². The lowest BCUT2D eigenvalue weighted by molar-refractivity contribution is -0.140. The number of ether oxygens (including phenoxy) is 1. The Labute approximate surface area is 166 Å². The average molecular weight is 413 g/mol. The molecule has 1 aromatic rings. The van der Waals surface area contributed by atoms with E-state index in [-0.39, 0.29) is 24.1 Å². The number of rotatable bonds is 7. The maximum absolute atomic E-state index is 12.1. The second kappa shape index (κ2) is 9.86. The maximum Gasteiger partial charge on any atom is 0.316 e. The zero-order chi connectivity index (χ0) is 19.1. The molecule has 1 aromatic carbocycles. The van der Waals surface area contributed by atoms with Gasteiger partial charge in [-0.05, 0) is 24.1 Å². The molecule has 1 atom stereocenters. The number of carbonyl (C=O) groups is 2. The third-order valence-electron chi connectivity index (χ3n) is 3.79. The number of nitrogens with one attached hydrogen (secondary N) is 1. The molecule has 138 valence electrons. The number of hydrogen-bond donors (Lipinski definition) is 1. The summed E-state index contributed by atoms with van der Waals surface area (Å²) >= 11 is 13.3. The van der Waals surface area contributed by atoms with Crippen LogP contribution in [0.5, 0.6) is 0 Å². The predicted octanol–water partition coefficient (Wildman–Crippen LogP) is 4.41. The second-order valence-corrected chi connectivity index (χ2v) is 7.52. The Kier molecular flexibility index (Phi) is 7.83. The first kappa shape index (κ1) is 20.6.